The maximum atomic E-state index is 14.2. The van der Waals surface area contributed by atoms with Gasteiger partial charge in [-0.1, -0.05) is 61.0 Å². The SMILES string of the molecule is CC1(C)CC[C@]2(C)CC[C@]3(C)C(=CC(=O)C4[C@@]5(C)CC[C](O)C(C)(C)C5CC[C@]43C)[C@H]2C1. The molecule has 2 heteroatoms. The molecule has 5 rings (SSSR count). The van der Waals surface area contributed by atoms with Gasteiger partial charge in [-0.2, -0.15) is 0 Å². The van der Waals surface area contributed by atoms with Crippen LogP contribution in [0, 0.1) is 56.3 Å². The number of hydrogen-bond acceptors (Lipinski definition) is 2. The van der Waals surface area contributed by atoms with E-state index in [0.717, 1.165) is 25.7 Å². The zero-order valence-corrected chi connectivity index (χ0v) is 22.0. The first-order valence-corrected chi connectivity index (χ1v) is 13.4. The molecule has 2 unspecified atom stereocenters. The zero-order chi connectivity index (χ0) is 23.5. The minimum Gasteiger partial charge on any atom is -0.386 e. The highest BCUT2D eigenvalue weighted by atomic mass is 16.3. The van der Waals surface area contributed by atoms with E-state index >= 15 is 0 Å². The van der Waals surface area contributed by atoms with Crippen LogP contribution >= 0.6 is 0 Å². The number of fused-ring (bicyclic) bond motifs is 7. The van der Waals surface area contributed by atoms with Gasteiger partial charge in [-0.25, -0.2) is 0 Å². The minimum atomic E-state index is -0.196. The van der Waals surface area contributed by atoms with E-state index < -0.39 is 0 Å². The molecule has 0 spiro atoms. The summed E-state index contributed by atoms with van der Waals surface area (Å²) >= 11 is 0. The maximum Gasteiger partial charge on any atom is 0.159 e. The second kappa shape index (κ2) is 6.52. The average molecular weight is 440 g/mol. The number of aliphatic hydroxyl groups excluding tert-OH is 1. The average Bonchev–Trinajstić information content (AvgIpc) is 2.68. The molecule has 4 saturated carbocycles. The Balaban J connectivity index is 1.63. The summed E-state index contributed by atoms with van der Waals surface area (Å²) in [5, 5.41) is 10.8. The molecule has 0 aromatic carbocycles. The lowest BCUT2D eigenvalue weighted by Crippen LogP contribution is -2.65. The van der Waals surface area contributed by atoms with Gasteiger partial charge in [0.25, 0.3) is 0 Å². The fraction of sp³-hybridized carbons (Fsp3) is 0.867. The molecular weight excluding hydrogens is 392 g/mol. The highest BCUT2D eigenvalue weighted by Crippen LogP contribution is 2.75. The van der Waals surface area contributed by atoms with Gasteiger partial charge < -0.3 is 5.11 Å². The van der Waals surface area contributed by atoms with Crippen molar-refractivity contribution in [1.82, 2.24) is 0 Å². The molecule has 32 heavy (non-hydrogen) atoms. The first kappa shape index (κ1) is 23.1. The van der Waals surface area contributed by atoms with Gasteiger partial charge in [-0.15, -0.1) is 0 Å². The summed E-state index contributed by atoms with van der Waals surface area (Å²) < 4.78 is 0. The van der Waals surface area contributed by atoms with Crippen molar-refractivity contribution in [1.29, 1.82) is 0 Å². The van der Waals surface area contributed by atoms with Crippen molar-refractivity contribution in [3.63, 3.8) is 0 Å². The predicted octanol–water partition coefficient (Wildman–Crippen LogP) is 7.89. The zero-order valence-electron chi connectivity index (χ0n) is 22.0. The molecule has 0 aliphatic heterocycles. The topological polar surface area (TPSA) is 37.3 Å². The van der Waals surface area contributed by atoms with Crippen LogP contribution in [0.2, 0.25) is 0 Å². The second-order valence-corrected chi connectivity index (χ2v) is 15.0. The summed E-state index contributed by atoms with van der Waals surface area (Å²) in [6.45, 7) is 19.3. The number of hydrogen-bond donors (Lipinski definition) is 1. The molecule has 0 bridgehead atoms. The van der Waals surface area contributed by atoms with E-state index in [1.54, 1.807) is 0 Å². The summed E-state index contributed by atoms with van der Waals surface area (Å²) in [6, 6.07) is 0. The van der Waals surface area contributed by atoms with Gasteiger partial charge in [0.05, 0.1) is 6.10 Å². The number of aliphatic hydroxyl groups is 1. The van der Waals surface area contributed by atoms with Crippen LogP contribution in [0.15, 0.2) is 11.6 Å². The molecule has 0 saturated heterocycles. The maximum absolute atomic E-state index is 14.2. The Kier molecular flexibility index (Phi) is 4.71. The Labute approximate surface area is 197 Å². The van der Waals surface area contributed by atoms with Gasteiger partial charge in [-0.05, 0) is 108 Å². The van der Waals surface area contributed by atoms with Crippen LogP contribution in [0.3, 0.4) is 0 Å². The van der Waals surface area contributed by atoms with Crippen molar-refractivity contribution >= 4 is 5.78 Å². The van der Waals surface area contributed by atoms with E-state index in [2.05, 4.69) is 61.5 Å². The van der Waals surface area contributed by atoms with Crippen molar-refractivity contribution in [3.05, 3.63) is 17.8 Å². The molecule has 1 N–H and O–H groups in total. The fourth-order valence-corrected chi connectivity index (χ4v) is 10.2. The van der Waals surface area contributed by atoms with E-state index in [1.165, 1.54) is 37.7 Å². The number of allylic oxidation sites excluding steroid dienone is 2. The van der Waals surface area contributed by atoms with Gasteiger partial charge in [0.1, 0.15) is 0 Å². The fourth-order valence-electron chi connectivity index (χ4n) is 10.2. The van der Waals surface area contributed by atoms with Crippen LogP contribution in [0.4, 0.5) is 0 Å². The third-order valence-electron chi connectivity index (χ3n) is 12.6. The summed E-state index contributed by atoms with van der Waals surface area (Å²) in [7, 11) is 0. The quantitative estimate of drug-likeness (QED) is 0.416. The van der Waals surface area contributed by atoms with E-state index in [1.807, 2.05) is 0 Å². The smallest absolute Gasteiger partial charge is 0.159 e. The molecule has 7 atom stereocenters. The van der Waals surface area contributed by atoms with Crippen LogP contribution in [0.5, 0.6) is 0 Å². The molecule has 0 aromatic rings. The summed E-state index contributed by atoms with van der Waals surface area (Å²) in [4.78, 5) is 14.2. The lowest BCUT2D eigenvalue weighted by Gasteiger charge is -2.70. The molecule has 179 valence electrons. The highest BCUT2D eigenvalue weighted by molar-refractivity contribution is 5.95. The molecule has 0 aromatic heterocycles. The predicted molar refractivity (Wildman–Crippen MR) is 130 cm³/mol. The molecule has 1 radical (unpaired) electrons. The van der Waals surface area contributed by atoms with Gasteiger partial charge in [-0.3, -0.25) is 4.79 Å². The number of rotatable bonds is 0. The van der Waals surface area contributed by atoms with Crippen LogP contribution in [-0.4, -0.2) is 10.9 Å². The van der Waals surface area contributed by atoms with E-state index in [9.17, 15) is 9.90 Å². The summed E-state index contributed by atoms with van der Waals surface area (Å²) in [5.74, 6) is 1.43. The van der Waals surface area contributed by atoms with Crippen molar-refractivity contribution < 1.29 is 9.90 Å². The van der Waals surface area contributed by atoms with E-state index in [4.69, 9.17) is 0 Å². The van der Waals surface area contributed by atoms with Crippen LogP contribution in [0.25, 0.3) is 0 Å². The molecule has 2 nitrogen and oxygen atoms in total. The van der Waals surface area contributed by atoms with Crippen LogP contribution in [-0.2, 0) is 4.79 Å². The second-order valence-electron chi connectivity index (χ2n) is 15.0. The third kappa shape index (κ3) is 2.71. The van der Waals surface area contributed by atoms with Crippen LogP contribution < -0.4 is 0 Å². The minimum absolute atomic E-state index is 0.0192. The monoisotopic (exact) mass is 439 g/mol. The van der Waals surface area contributed by atoms with Crippen molar-refractivity contribution in [2.45, 2.75) is 113 Å². The number of ketones is 1. The Morgan fingerprint density at radius 2 is 1.53 bits per heavy atom. The van der Waals surface area contributed by atoms with Gasteiger partial charge in [0.2, 0.25) is 0 Å². The van der Waals surface area contributed by atoms with E-state index in [-0.39, 0.29) is 27.6 Å². The molecule has 0 amide bonds. The first-order valence-electron chi connectivity index (χ1n) is 13.4. The summed E-state index contributed by atoms with van der Waals surface area (Å²) in [5.41, 5.74) is 2.16. The Morgan fingerprint density at radius 3 is 2.22 bits per heavy atom. The Morgan fingerprint density at radius 1 is 0.875 bits per heavy atom. The van der Waals surface area contributed by atoms with E-state index in [0.29, 0.717) is 34.6 Å². The Bertz CT molecular complexity index is 866. The molecule has 5 aliphatic carbocycles. The number of carbonyl (C=O) groups is 1. The van der Waals surface area contributed by atoms with Gasteiger partial charge >= 0.3 is 0 Å². The lowest BCUT2D eigenvalue weighted by atomic mass is 9.33. The molecular formula is C30H47O2. The van der Waals surface area contributed by atoms with Crippen molar-refractivity contribution in [3.8, 4) is 0 Å². The standard InChI is InChI=1S/C30H47O2/c1-25(2)13-14-27(5)15-16-29(7)19(20(27)18-25)17-21(31)24-28(6)11-10-23(32)26(3,4)22(28)9-12-30(24,29)8/h17,20,22,24,32H,9-16,18H2,1-8H3/t20-,22?,24?,27-,28+,29-,30-/m1/s1. The van der Waals surface area contributed by atoms with Crippen LogP contribution in [0.1, 0.15) is 113 Å². The first-order chi connectivity index (χ1) is 14.6. The van der Waals surface area contributed by atoms with Crippen molar-refractivity contribution in [2.24, 2.45) is 50.2 Å². The van der Waals surface area contributed by atoms with Gasteiger partial charge in [0, 0.05) is 5.92 Å². The highest BCUT2D eigenvalue weighted by Gasteiger charge is 2.70. The molecule has 4 fully saturated rings. The molecule has 0 heterocycles. The summed E-state index contributed by atoms with van der Waals surface area (Å²) in [6.07, 6.45) is 13.2. The third-order valence-corrected chi connectivity index (χ3v) is 12.6. The normalized spacial score (nSPS) is 52.2. The number of carbonyl (C=O) groups excluding carboxylic acids is 1. The van der Waals surface area contributed by atoms with Gasteiger partial charge in [0.15, 0.2) is 5.78 Å². The largest absolute Gasteiger partial charge is 0.386 e. The van der Waals surface area contributed by atoms with Crippen molar-refractivity contribution in [2.75, 3.05) is 0 Å². The lowest BCUT2D eigenvalue weighted by molar-refractivity contribution is -0.188. The molecule has 5 aliphatic rings. The Hall–Kier alpha value is -0.630.